The van der Waals surface area contributed by atoms with Gasteiger partial charge in [0.2, 0.25) is 11.8 Å². The van der Waals surface area contributed by atoms with E-state index >= 15 is 0 Å². The topological polar surface area (TPSA) is 61.2 Å². The van der Waals surface area contributed by atoms with Crippen LogP contribution < -0.4 is 4.74 Å². The SMILES string of the molecule is CCCCCCCCCC(CCCCCCC)C(=O)n1cnc(OC=O)c1. The summed E-state index contributed by atoms with van der Waals surface area (Å²) in [7, 11) is 0. The van der Waals surface area contributed by atoms with Crippen LogP contribution in [0.2, 0.25) is 0 Å². The largest absolute Gasteiger partial charge is 0.408 e. The number of imidazole rings is 1. The predicted molar refractivity (Wildman–Crippen MR) is 109 cm³/mol. The van der Waals surface area contributed by atoms with E-state index in [0.717, 1.165) is 25.7 Å². The Labute approximate surface area is 164 Å². The van der Waals surface area contributed by atoms with E-state index in [0.29, 0.717) is 6.47 Å². The fraction of sp³-hybridized carbons (Fsp3) is 0.773. The molecule has 0 saturated heterocycles. The van der Waals surface area contributed by atoms with Crippen molar-refractivity contribution in [3.05, 3.63) is 12.5 Å². The van der Waals surface area contributed by atoms with Crippen molar-refractivity contribution in [3.8, 4) is 5.88 Å². The van der Waals surface area contributed by atoms with E-state index in [1.165, 1.54) is 81.3 Å². The first-order valence-corrected chi connectivity index (χ1v) is 10.9. The molecule has 154 valence electrons. The minimum absolute atomic E-state index is 0.0283. The van der Waals surface area contributed by atoms with Crippen LogP contribution in [0.15, 0.2) is 12.5 Å². The summed E-state index contributed by atoms with van der Waals surface area (Å²) in [5, 5.41) is 0. The molecule has 1 atom stereocenters. The smallest absolute Gasteiger partial charge is 0.299 e. The Bertz CT molecular complexity index is 513. The van der Waals surface area contributed by atoms with E-state index in [4.69, 9.17) is 4.74 Å². The van der Waals surface area contributed by atoms with Crippen molar-refractivity contribution in [1.29, 1.82) is 0 Å². The third kappa shape index (κ3) is 10.3. The molecule has 0 radical (unpaired) electrons. The lowest BCUT2D eigenvalue weighted by molar-refractivity contribution is -0.120. The molecule has 0 aliphatic heterocycles. The molecule has 1 aromatic rings. The highest BCUT2D eigenvalue weighted by Gasteiger charge is 2.20. The number of hydrogen-bond donors (Lipinski definition) is 0. The highest BCUT2D eigenvalue weighted by Crippen LogP contribution is 2.22. The summed E-state index contributed by atoms with van der Waals surface area (Å²) in [5.41, 5.74) is 0. The molecule has 5 nitrogen and oxygen atoms in total. The van der Waals surface area contributed by atoms with Crippen LogP contribution in [-0.4, -0.2) is 21.9 Å². The van der Waals surface area contributed by atoms with Gasteiger partial charge in [0.05, 0.1) is 6.20 Å². The Kier molecular flexibility index (Phi) is 13.4. The monoisotopic (exact) mass is 378 g/mol. The minimum Gasteiger partial charge on any atom is -0.408 e. The summed E-state index contributed by atoms with van der Waals surface area (Å²) in [6.45, 7) is 4.78. The van der Waals surface area contributed by atoms with Crippen LogP contribution in [-0.2, 0) is 4.79 Å². The molecule has 0 N–H and O–H groups in total. The number of hydrogen-bond acceptors (Lipinski definition) is 4. The minimum atomic E-state index is 0.0283. The number of carbonyl (C=O) groups is 2. The molecular formula is C22H38N2O3. The van der Waals surface area contributed by atoms with Crippen LogP contribution in [0.5, 0.6) is 5.88 Å². The molecule has 0 fully saturated rings. The van der Waals surface area contributed by atoms with Crippen molar-refractivity contribution in [2.45, 2.75) is 104 Å². The number of ether oxygens (including phenoxy) is 1. The summed E-state index contributed by atoms with van der Waals surface area (Å²) in [4.78, 5) is 27.3. The van der Waals surface area contributed by atoms with Crippen LogP contribution in [0.3, 0.4) is 0 Å². The van der Waals surface area contributed by atoms with E-state index < -0.39 is 0 Å². The van der Waals surface area contributed by atoms with Gasteiger partial charge in [0, 0.05) is 5.92 Å². The fourth-order valence-corrected chi connectivity index (χ4v) is 3.48. The highest BCUT2D eigenvalue weighted by atomic mass is 16.5. The molecule has 0 saturated carbocycles. The lowest BCUT2D eigenvalue weighted by Crippen LogP contribution is -2.21. The lowest BCUT2D eigenvalue weighted by atomic mass is 9.93. The molecule has 1 unspecified atom stereocenters. The fourth-order valence-electron chi connectivity index (χ4n) is 3.48. The van der Waals surface area contributed by atoms with Gasteiger partial charge in [0.15, 0.2) is 0 Å². The maximum absolute atomic E-state index is 12.9. The van der Waals surface area contributed by atoms with Crippen LogP contribution in [0.4, 0.5) is 0 Å². The second kappa shape index (κ2) is 15.4. The molecular weight excluding hydrogens is 340 g/mol. The molecule has 0 aliphatic rings. The number of unbranched alkanes of at least 4 members (excludes halogenated alkanes) is 10. The third-order valence-corrected chi connectivity index (χ3v) is 5.14. The Hall–Kier alpha value is -1.65. The Balaban J connectivity index is 2.47. The second-order valence-corrected chi connectivity index (χ2v) is 7.48. The summed E-state index contributed by atoms with van der Waals surface area (Å²) in [6, 6.07) is 0. The van der Waals surface area contributed by atoms with E-state index in [1.807, 2.05) is 0 Å². The molecule has 0 spiro atoms. The number of rotatable bonds is 17. The van der Waals surface area contributed by atoms with Crippen molar-refractivity contribution in [3.63, 3.8) is 0 Å². The average Bonchev–Trinajstić information content (AvgIpc) is 3.14. The molecule has 1 rings (SSSR count). The zero-order valence-electron chi connectivity index (χ0n) is 17.3. The van der Waals surface area contributed by atoms with Gasteiger partial charge in [-0.3, -0.25) is 14.2 Å². The molecule has 1 heterocycles. The molecule has 0 amide bonds. The quantitative estimate of drug-likeness (QED) is 0.240. The van der Waals surface area contributed by atoms with Gasteiger partial charge in [-0.25, -0.2) is 4.98 Å². The van der Waals surface area contributed by atoms with E-state index in [1.54, 1.807) is 0 Å². The molecule has 1 aromatic heterocycles. The molecule has 27 heavy (non-hydrogen) atoms. The number of carbonyl (C=O) groups excluding carboxylic acids is 2. The summed E-state index contributed by atoms with van der Waals surface area (Å²) in [6.07, 6.45) is 19.6. The van der Waals surface area contributed by atoms with E-state index in [2.05, 4.69) is 18.8 Å². The Morgan fingerprint density at radius 3 is 2.00 bits per heavy atom. The van der Waals surface area contributed by atoms with E-state index in [9.17, 15) is 9.59 Å². The molecule has 0 aliphatic carbocycles. The summed E-state index contributed by atoms with van der Waals surface area (Å²) >= 11 is 0. The van der Waals surface area contributed by atoms with Gasteiger partial charge in [-0.2, -0.15) is 0 Å². The first-order chi connectivity index (χ1) is 13.2. The Morgan fingerprint density at radius 1 is 0.963 bits per heavy atom. The van der Waals surface area contributed by atoms with Crippen molar-refractivity contribution in [1.82, 2.24) is 9.55 Å². The van der Waals surface area contributed by atoms with Crippen molar-refractivity contribution < 1.29 is 14.3 Å². The third-order valence-electron chi connectivity index (χ3n) is 5.14. The normalized spacial score (nSPS) is 12.1. The first kappa shape index (κ1) is 23.4. The average molecular weight is 379 g/mol. The summed E-state index contributed by atoms with van der Waals surface area (Å²) in [5.74, 6) is 0.279. The second-order valence-electron chi connectivity index (χ2n) is 7.48. The maximum atomic E-state index is 12.9. The van der Waals surface area contributed by atoms with Crippen LogP contribution in [0.1, 0.15) is 109 Å². The van der Waals surface area contributed by atoms with Crippen molar-refractivity contribution in [2.75, 3.05) is 0 Å². The van der Waals surface area contributed by atoms with Gasteiger partial charge in [0.25, 0.3) is 6.47 Å². The predicted octanol–water partition coefficient (Wildman–Crippen LogP) is 6.18. The van der Waals surface area contributed by atoms with Crippen molar-refractivity contribution >= 4 is 12.4 Å². The lowest BCUT2D eigenvalue weighted by Gasteiger charge is -2.16. The maximum Gasteiger partial charge on any atom is 0.299 e. The van der Waals surface area contributed by atoms with Gasteiger partial charge in [-0.1, -0.05) is 90.9 Å². The summed E-state index contributed by atoms with van der Waals surface area (Å²) < 4.78 is 6.21. The van der Waals surface area contributed by atoms with Crippen molar-refractivity contribution in [2.24, 2.45) is 5.92 Å². The number of nitrogens with zero attached hydrogens (tertiary/aromatic N) is 2. The first-order valence-electron chi connectivity index (χ1n) is 10.9. The molecule has 0 bridgehead atoms. The molecule has 5 heteroatoms. The number of aromatic nitrogens is 2. The highest BCUT2D eigenvalue weighted by molar-refractivity contribution is 5.81. The van der Waals surface area contributed by atoms with E-state index in [-0.39, 0.29) is 17.7 Å². The molecule has 0 aromatic carbocycles. The zero-order valence-corrected chi connectivity index (χ0v) is 17.3. The van der Waals surface area contributed by atoms with Crippen LogP contribution in [0.25, 0.3) is 0 Å². The van der Waals surface area contributed by atoms with Gasteiger partial charge in [0.1, 0.15) is 6.33 Å². The Morgan fingerprint density at radius 2 is 1.48 bits per heavy atom. The standard InChI is InChI=1S/C22H38N2O3/c1-3-5-7-9-10-12-14-16-20(15-13-11-8-6-4-2)22(26)24-17-21(23-18-24)27-19-25/h17-20H,3-16H2,1-2H3. The zero-order chi connectivity index (χ0) is 19.7. The van der Waals surface area contributed by atoms with Gasteiger partial charge < -0.3 is 4.74 Å². The van der Waals surface area contributed by atoms with Gasteiger partial charge >= 0.3 is 0 Å². The van der Waals surface area contributed by atoms with Gasteiger partial charge in [-0.05, 0) is 12.8 Å². The van der Waals surface area contributed by atoms with Gasteiger partial charge in [-0.15, -0.1) is 0 Å². The van der Waals surface area contributed by atoms with Crippen LogP contribution in [0, 0.1) is 5.92 Å². The van der Waals surface area contributed by atoms with Crippen LogP contribution >= 0.6 is 0 Å².